The van der Waals surface area contributed by atoms with Gasteiger partial charge in [0.1, 0.15) is 5.82 Å². The van der Waals surface area contributed by atoms with Gasteiger partial charge in [0, 0.05) is 6.20 Å². The van der Waals surface area contributed by atoms with Crippen molar-refractivity contribution in [1.82, 2.24) is 10.4 Å². The number of aromatic nitrogens is 1. The normalized spacial score (nSPS) is 11.0. The summed E-state index contributed by atoms with van der Waals surface area (Å²) < 4.78 is 0. The Morgan fingerprint density at radius 1 is 1.24 bits per heavy atom. The maximum absolute atomic E-state index is 11.8. The SMILES string of the molecule is CC(C)c1ccc(/C=N/NC(=O)c2ccc(N)nc2)cc1. The van der Waals surface area contributed by atoms with Crippen LogP contribution in [-0.4, -0.2) is 17.1 Å². The molecule has 0 aliphatic heterocycles. The minimum absolute atomic E-state index is 0.322. The first-order valence-electron chi connectivity index (χ1n) is 6.71. The Hall–Kier alpha value is -2.69. The molecular weight excluding hydrogens is 264 g/mol. The van der Waals surface area contributed by atoms with Crippen LogP contribution in [-0.2, 0) is 0 Å². The molecule has 1 heterocycles. The summed E-state index contributed by atoms with van der Waals surface area (Å²) in [6.07, 6.45) is 3.02. The average molecular weight is 282 g/mol. The molecule has 1 aromatic carbocycles. The number of pyridine rings is 1. The van der Waals surface area contributed by atoms with Crippen molar-refractivity contribution in [2.24, 2.45) is 5.10 Å². The van der Waals surface area contributed by atoms with Crippen molar-refractivity contribution in [1.29, 1.82) is 0 Å². The van der Waals surface area contributed by atoms with Crippen LogP contribution in [0.4, 0.5) is 5.82 Å². The number of rotatable bonds is 4. The van der Waals surface area contributed by atoms with E-state index in [-0.39, 0.29) is 5.91 Å². The van der Waals surface area contributed by atoms with E-state index in [2.05, 4.69) is 41.5 Å². The zero-order valence-corrected chi connectivity index (χ0v) is 12.1. The van der Waals surface area contributed by atoms with Gasteiger partial charge >= 0.3 is 0 Å². The van der Waals surface area contributed by atoms with Crippen molar-refractivity contribution in [3.63, 3.8) is 0 Å². The Morgan fingerprint density at radius 2 is 1.95 bits per heavy atom. The fraction of sp³-hybridized carbons (Fsp3) is 0.188. The average Bonchev–Trinajstić information content (AvgIpc) is 2.48. The highest BCUT2D eigenvalue weighted by atomic mass is 16.2. The Morgan fingerprint density at radius 3 is 2.52 bits per heavy atom. The van der Waals surface area contributed by atoms with Crippen LogP contribution in [0, 0.1) is 0 Å². The highest BCUT2D eigenvalue weighted by Crippen LogP contribution is 2.13. The van der Waals surface area contributed by atoms with E-state index in [0.29, 0.717) is 17.3 Å². The third-order valence-electron chi connectivity index (χ3n) is 3.03. The summed E-state index contributed by atoms with van der Waals surface area (Å²) in [6.45, 7) is 4.29. The first-order chi connectivity index (χ1) is 10.1. The molecule has 0 saturated carbocycles. The van der Waals surface area contributed by atoms with Gasteiger partial charge in [0.15, 0.2) is 0 Å². The van der Waals surface area contributed by atoms with E-state index in [1.165, 1.54) is 11.8 Å². The van der Waals surface area contributed by atoms with Crippen LogP contribution in [0.15, 0.2) is 47.7 Å². The van der Waals surface area contributed by atoms with Gasteiger partial charge in [-0.3, -0.25) is 4.79 Å². The second kappa shape index (κ2) is 6.65. The van der Waals surface area contributed by atoms with E-state index < -0.39 is 0 Å². The molecule has 0 aliphatic carbocycles. The summed E-state index contributed by atoms with van der Waals surface area (Å²) in [5.41, 5.74) is 10.5. The molecular formula is C16H18N4O. The molecule has 2 aromatic rings. The molecule has 0 bridgehead atoms. The summed E-state index contributed by atoms with van der Waals surface area (Å²) in [7, 11) is 0. The summed E-state index contributed by atoms with van der Waals surface area (Å²) >= 11 is 0. The number of anilines is 1. The van der Waals surface area contributed by atoms with Gasteiger partial charge in [-0.15, -0.1) is 0 Å². The summed E-state index contributed by atoms with van der Waals surface area (Å²) in [6, 6.07) is 11.2. The number of hydrazone groups is 1. The van der Waals surface area contributed by atoms with Gasteiger partial charge in [0.25, 0.3) is 5.91 Å². The van der Waals surface area contributed by atoms with E-state index in [4.69, 9.17) is 5.73 Å². The van der Waals surface area contributed by atoms with Crippen LogP contribution in [0.3, 0.4) is 0 Å². The Kier molecular flexibility index (Phi) is 4.66. The molecule has 1 amide bonds. The van der Waals surface area contributed by atoms with Crippen molar-refractivity contribution in [2.75, 3.05) is 5.73 Å². The lowest BCUT2D eigenvalue weighted by molar-refractivity contribution is 0.0955. The number of carbonyl (C=O) groups is 1. The lowest BCUT2D eigenvalue weighted by atomic mass is 10.0. The van der Waals surface area contributed by atoms with E-state index in [9.17, 15) is 4.79 Å². The van der Waals surface area contributed by atoms with Crippen LogP contribution < -0.4 is 11.2 Å². The minimum Gasteiger partial charge on any atom is -0.384 e. The number of benzene rings is 1. The topological polar surface area (TPSA) is 80.4 Å². The number of nitrogens with one attached hydrogen (secondary N) is 1. The third kappa shape index (κ3) is 4.14. The molecule has 21 heavy (non-hydrogen) atoms. The van der Waals surface area contributed by atoms with Gasteiger partial charge in [-0.2, -0.15) is 5.10 Å². The van der Waals surface area contributed by atoms with Gasteiger partial charge < -0.3 is 5.73 Å². The Balaban J connectivity index is 1.95. The van der Waals surface area contributed by atoms with Gasteiger partial charge in [-0.25, -0.2) is 10.4 Å². The molecule has 3 N–H and O–H groups in total. The highest BCUT2D eigenvalue weighted by molar-refractivity contribution is 5.94. The second-order valence-corrected chi connectivity index (χ2v) is 4.99. The molecule has 2 rings (SSSR count). The predicted molar refractivity (Wildman–Crippen MR) is 84.2 cm³/mol. The van der Waals surface area contributed by atoms with Crippen molar-refractivity contribution >= 4 is 17.9 Å². The predicted octanol–water partition coefficient (Wildman–Crippen LogP) is 2.55. The molecule has 0 unspecified atom stereocenters. The number of nitrogens with two attached hydrogens (primary N) is 1. The highest BCUT2D eigenvalue weighted by Gasteiger charge is 2.03. The van der Waals surface area contributed by atoms with Crippen molar-refractivity contribution < 1.29 is 4.79 Å². The number of hydrogen-bond acceptors (Lipinski definition) is 4. The molecule has 0 atom stereocenters. The number of carbonyl (C=O) groups excluding carboxylic acids is 1. The number of nitrogen functional groups attached to an aromatic ring is 1. The Bertz CT molecular complexity index is 630. The number of hydrogen-bond donors (Lipinski definition) is 2. The largest absolute Gasteiger partial charge is 0.384 e. The molecule has 1 aromatic heterocycles. The molecule has 5 nitrogen and oxygen atoms in total. The second-order valence-electron chi connectivity index (χ2n) is 4.99. The summed E-state index contributed by atoms with van der Waals surface area (Å²) in [4.78, 5) is 15.6. The van der Waals surface area contributed by atoms with Crippen molar-refractivity contribution in [3.8, 4) is 0 Å². The molecule has 108 valence electrons. The molecule has 0 aliphatic rings. The molecule has 0 radical (unpaired) electrons. The number of nitrogens with zero attached hydrogens (tertiary/aromatic N) is 2. The molecule has 0 fully saturated rings. The van der Waals surface area contributed by atoms with E-state index >= 15 is 0 Å². The summed E-state index contributed by atoms with van der Waals surface area (Å²) in [5, 5.41) is 3.93. The molecule has 5 heteroatoms. The minimum atomic E-state index is -0.322. The Labute approximate surface area is 123 Å². The zero-order valence-electron chi connectivity index (χ0n) is 12.1. The lowest BCUT2D eigenvalue weighted by Gasteiger charge is -2.04. The van der Waals surface area contributed by atoms with Crippen molar-refractivity contribution in [2.45, 2.75) is 19.8 Å². The van der Waals surface area contributed by atoms with Crippen molar-refractivity contribution in [3.05, 3.63) is 59.3 Å². The fourth-order valence-corrected chi connectivity index (χ4v) is 1.74. The van der Waals surface area contributed by atoms with Crippen LogP contribution in [0.1, 0.15) is 41.3 Å². The van der Waals surface area contributed by atoms with Gasteiger partial charge in [-0.05, 0) is 29.2 Å². The van der Waals surface area contributed by atoms with Gasteiger partial charge in [-0.1, -0.05) is 38.1 Å². The molecule has 0 saturated heterocycles. The zero-order chi connectivity index (χ0) is 15.2. The first-order valence-corrected chi connectivity index (χ1v) is 6.71. The van der Waals surface area contributed by atoms with E-state index in [1.807, 2.05) is 12.1 Å². The van der Waals surface area contributed by atoms with E-state index in [0.717, 1.165) is 5.56 Å². The van der Waals surface area contributed by atoms with Crippen LogP contribution in [0.2, 0.25) is 0 Å². The van der Waals surface area contributed by atoms with Crippen LogP contribution >= 0.6 is 0 Å². The first kappa shape index (κ1) is 14.7. The standard InChI is InChI=1S/C16H18N4O/c1-11(2)13-5-3-12(4-6-13)9-19-20-16(21)14-7-8-15(17)18-10-14/h3-11H,1-2H3,(H2,17,18)(H,20,21)/b19-9+. The summed E-state index contributed by atoms with van der Waals surface area (Å²) in [5.74, 6) is 0.548. The van der Waals surface area contributed by atoms with Gasteiger partial charge in [0.05, 0.1) is 11.8 Å². The third-order valence-corrected chi connectivity index (χ3v) is 3.03. The van der Waals surface area contributed by atoms with Gasteiger partial charge in [0.2, 0.25) is 0 Å². The van der Waals surface area contributed by atoms with Crippen LogP contribution in [0.5, 0.6) is 0 Å². The molecule has 0 spiro atoms. The van der Waals surface area contributed by atoms with Crippen LogP contribution in [0.25, 0.3) is 0 Å². The van der Waals surface area contributed by atoms with E-state index in [1.54, 1.807) is 18.3 Å². The quantitative estimate of drug-likeness (QED) is 0.668. The number of amides is 1. The lowest BCUT2D eigenvalue weighted by Crippen LogP contribution is -2.17. The fourth-order valence-electron chi connectivity index (χ4n) is 1.74. The maximum Gasteiger partial charge on any atom is 0.272 e. The smallest absolute Gasteiger partial charge is 0.272 e. The monoisotopic (exact) mass is 282 g/mol. The maximum atomic E-state index is 11.8.